The predicted octanol–water partition coefficient (Wildman–Crippen LogP) is 3.13. The normalized spacial score (nSPS) is 21.7. The fourth-order valence-corrected chi connectivity index (χ4v) is 3.82. The summed E-state index contributed by atoms with van der Waals surface area (Å²) in [7, 11) is 1.90. The lowest BCUT2D eigenvalue weighted by Crippen LogP contribution is -2.39. The molecule has 0 radical (unpaired) electrons. The van der Waals surface area contributed by atoms with Gasteiger partial charge in [-0.2, -0.15) is 13.2 Å². The third-order valence-corrected chi connectivity index (χ3v) is 5.27. The standard InChI is InChI=1S/C19H23F3N2O2/c1-11(2)24-10-15-14(18(24)26)7-12(8-16(15)19(20,21)22)6-13-9-23(3)5-4-17(13)25/h7-8,11,13H,4-6,9-10H2,1-3H3. The molecule has 1 saturated heterocycles. The molecule has 0 aliphatic carbocycles. The van der Waals surface area contributed by atoms with Crippen LogP contribution in [-0.4, -0.2) is 47.7 Å². The zero-order valence-electron chi connectivity index (χ0n) is 15.2. The molecule has 1 atom stereocenters. The Kier molecular flexibility index (Phi) is 4.86. The third kappa shape index (κ3) is 3.49. The highest BCUT2D eigenvalue weighted by Gasteiger charge is 2.41. The molecule has 3 rings (SSSR count). The number of nitrogens with zero attached hydrogens (tertiary/aromatic N) is 2. The van der Waals surface area contributed by atoms with Gasteiger partial charge in [0.1, 0.15) is 5.78 Å². The average Bonchev–Trinajstić information content (AvgIpc) is 2.87. The van der Waals surface area contributed by atoms with E-state index in [0.29, 0.717) is 25.1 Å². The molecule has 26 heavy (non-hydrogen) atoms. The van der Waals surface area contributed by atoms with Crippen molar-refractivity contribution in [2.45, 2.75) is 45.5 Å². The lowest BCUT2D eigenvalue weighted by molar-refractivity contribution is -0.138. The van der Waals surface area contributed by atoms with Crippen molar-refractivity contribution < 1.29 is 22.8 Å². The van der Waals surface area contributed by atoms with Crippen molar-refractivity contribution in [3.63, 3.8) is 0 Å². The molecule has 0 aromatic heterocycles. The van der Waals surface area contributed by atoms with Crippen molar-refractivity contribution in [1.29, 1.82) is 0 Å². The summed E-state index contributed by atoms with van der Waals surface area (Å²) in [6, 6.07) is 2.50. The van der Waals surface area contributed by atoms with Gasteiger partial charge in [-0.15, -0.1) is 0 Å². The molecule has 0 bridgehead atoms. The van der Waals surface area contributed by atoms with E-state index in [1.807, 2.05) is 11.9 Å². The van der Waals surface area contributed by atoms with Crippen LogP contribution in [0.2, 0.25) is 0 Å². The predicted molar refractivity (Wildman–Crippen MR) is 90.8 cm³/mol. The van der Waals surface area contributed by atoms with Crippen molar-refractivity contribution in [2.75, 3.05) is 20.1 Å². The van der Waals surface area contributed by atoms with Crippen LogP contribution in [0.1, 0.15) is 47.3 Å². The largest absolute Gasteiger partial charge is 0.416 e. The van der Waals surface area contributed by atoms with Gasteiger partial charge < -0.3 is 9.80 Å². The second-order valence-corrected chi connectivity index (χ2v) is 7.57. The van der Waals surface area contributed by atoms with Gasteiger partial charge in [0.15, 0.2) is 0 Å². The molecule has 0 N–H and O–H groups in total. The van der Waals surface area contributed by atoms with Crippen LogP contribution in [0.4, 0.5) is 13.2 Å². The SMILES string of the molecule is CC(C)N1Cc2c(cc(CC3CN(C)CCC3=O)cc2C(F)(F)F)C1=O. The number of carbonyl (C=O) groups is 2. The third-order valence-electron chi connectivity index (χ3n) is 5.27. The molecular formula is C19H23F3N2O2. The van der Waals surface area contributed by atoms with Crippen molar-refractivity contribution in [1.82, 2.24) is 9.80 Å². The van der Waals surface area contributed by atoms with E-state index >= 15 is 0 Å². The van der Waals surface area contributed by atoms with Gasteiger partial charge in [0.2, 0.25) is 0 Å². The quantitative estimate of drug-likeness (QED) is 0.823. The Hall–Kier alpha value is -1.89. The van der Waals surface area contributed by atoms with Crippen molar-refractivity contribution in [3.05, 3.63) is 34.4 Å². The van der Waals surface area contributed by atoms with Crippen LogP contribution in [0.5, 0.6) is 0 Å². The molecule has 1 amide bonds. The van der Waals surface area contributed by atoms with Crippen LogP contribution in [0.15, 0.2) is 12.1 Å². The summed E-state index contributed by atoms with van der Waals surface area (Å²) in [5.41, 5.74) is -0.172. The molecule has 142 valence electrons. The maximum absolute atomic E-state index is 13.6. The van der Waals surface area contributed by atoms with E-state index in [1.54, 1.807) is 19.9 Å². The molecule has 1 aromatic carbocycles. The van der Waals surface area contributed by atoms with E-state index in [0.717, 1.165) is 6.07 Å². The van der Waals surface area contributed by atoms with Crippen LogP contribution in [-0.2, 0) is 23.9 Å². The van der Waals surface area contributed by atoms with Crippen LogP contribution >= 0.6 is 0 Å². The molecular weight excluding hydrogens is 345 g/mol. The number of hydrogen-bond acceptors (Lipinski definition) is 3. The molecule has 2 aliphatic heterocycles. The van der Waals surface area contributed by atoms with E-state index in [1.165, 1.54) is 4.90 Å². The number of rotatable bonds is 3. The summed E-state index contributed by atoms with van der Waals surface area (Å²) in [6.07, 6.45) is -3.88. The first-order valence-electron chi connectivity index (χ1n) is 8.83. The number of benzene rings is 1. The number of amides is 1. The maximum Gasteiger partial charge on any atom is 0.416 e. The average molecular weight is 368 g/mol. The highest BCUT2D eigenvalue weighted by atomic mass is 19.4. The molecule has 1 fully saturated rings. The first kappa shape index (κ1) is 18.9. The molecule has 0 saturated carbocycles. The second-order valence-electron chi connectivity index (χ2n) is 7.57. The Balaban J connectivity index is 1.99. The van der Waals surface area contributed by atoms with Gasteiger partial charge in [-0.25, -0.2) is 0 Å². The maximum atomic E-state index is 13.6. The number of Topliss-reactive ketones (excluding diaryl/α,β-unsaturated/α-hetero) is 1. The van der Waals surface area contributed by atoms with E-state index in [4.69, 9.17) is 0 Å². The number of likely N-dealkylation sites (tertiary alicyclic amines) is 1. The second kappa shape index (κ2) is 6.68. The number of halogens is 3. The monoisotopic (exact) mass is 368 g/mol. The molecule has 1 aromatic rings. The van der Waals surface area contributed by atoms with Crippen molar-refractivity contribution in [2.24, 2.45) is 5.92 Å². The minimum absolute atomic E-state index is 0.0218. The summed E-state index contributed by atoms with van der Waals surface area (Å²) < 4.78 is 40.8. The Morgan fingerprint density at radius 1 is 1.23 bits per heavy atom. The number of fused-ring (bicyclic) bond motifs is 1. The van der Waals surface area contributed by atoms with Crippen molar-refractivity contribution in [3.8, 4) is 0 Å². The van der Waals surface area contributed by atoms with Crippen LogP contribution < -0.4 is 0 Å². The zero-order valence-corrected chi connectivity index (χ0v) is 15.2. The summed E-state index contributed by atoms with van der Waals surface area (Å²) >= 11 is 0. The van der Waals surface area contributed by atoms with Gasteiger partial charge in [-0.3, -0.25) is 9.59 Å². The fourth-order valence-electron chi connectivity index (χ4n) is 3.82. The molecule has 7 heteroatoms. The molecule has 4 nitrogen and oxygen atoms in total. The summed E-state index contributed by atoms with van der Waals surface area (Å²) in [5, 5.41) is 0. The van der Waals surface area contributed by atoms with Crippen LogP contribution in [0.25, 0.3) is 0 Å². The Bertz CT molecular complexity index is 743. The topological polar surface area (TPSA) is 40.6 Å². The lowest BCUT2D eigenvalue weighted by Gasteiger charge is -2.28. The van der Waals surface area contributed by atoms with E-state index < -0.39 is 11.7 Å². The number of hydrogen-bond donors (Lipinski definition) is 0. The van der Waals surface area contributed by atoms with Gasteiger partial charge in [-0.05, 0) is 50.6 Å². The van der Waals surface area contributed by atoms with Crippen LogP contribution in [0.3, 0.4) is 0 Å². The van der Waals surface area contributed by atoms with E-state index in [-0.39, 0.29) is 47.7 Å². The van der Waals surface area contributed by atoms with Gasteiger partial charge in [0.25, 0.3) is 5.91 Å². The van der Waals surface area contributed by atoms with Crippen LogP contribution in [0, 0.1) is 5.92 Å². The van der Waals surface area contributed by atoms with E-state index in [9.17, 15) is 22.8 Å². The molecule has 0 spiro atoms. The molecule has 2 aliphatic rings. The minimum atomic E-state index is -4.53. The summed E-state index contributed by atoms with van der Waals surface area (Å²) in [5.74, 6) is -0.618. The number of alkyl halides is 3. The Morgan fingerprint density at radius 2 is 1.92 bits per heavy atom. The fraction of sp³-hybridized carbons (Fsp3) is 0.579. The Labute approximate surface area is 151 Å². The minimum Gasteiger partial charge on any atom is -0.332 e. The van der Waals surface area contributed by atoms with Gasteiger partial charge in [-0.1, -0.05) is 0 Å². The van der Waals surface area contributed by atoms with Gasteiger partial charge in [0, 0.05) is 43.6 Å². The highest BCUT2D eigenvalue weighted by Crippen LogP contribution is 2.39. The van der Waals surface area contributed by atoms with E-state index in [2.05, 4.69) is 0 Å². The zero-order chi connectivity index (χ0) is 19.2. The molecule has 2 heterocycles. The number of carbonyl (C=O) groups excluding carboxylic acids is 2. The number of piperidine rings is 1. The van der Waals surface area contributed by atoms with Gasteiger partial charge in [0.05, 0.1) is 5.56 Å². The van der Waals surface area contributed by atoms with Gasteiger partial charge >= 0.3 is 6.18 Å². The highest BCUT2D eigenvalue weighted by molar-refractivity contribution is 5.99. The molecule has 1 unspecified atom stereocenters. The van der Waals surface area contributed by atoms with Crippen molar-refractivity contribution >= 4 is 11.7 Å². The first-order chi connectivity index (χ1) is 12.1. The first-order valence-corrected chi connectivity index (χ1v) is 8.83. The Morgan fingerprint density at radius 3 is 2.54 bits per heavy atom. The summed E-state index contributed by atoms with van der Waals surface area (Å²) in [6.45, 7) is 4.76. The summed E-state index contributed by atoms with van der Waals surface area (Å²) in [4.78, 5) is 28.2. The number of ketones is 1. The smallest absolute Gasteiger partial charge is 0.332 e. The lowest BCUT2D eigenvalue weighted by atomic mass is 9.88.